The van der Waals surface area contributed by atoms with Crippen molar-refractivity contribution in [2.45, 2.75) is 26.2 Å². The van der Waals surface area contributed by atoms with Gasteiger partial charge >= 0.3 is 0 Å². The maximum absolute atomic E-state index is 13.0. The van der Waals surface area contributed by atoms with Crippen molar-refractivity contribution in [3.05, 3.63) is 48.0 Å². The van der Waals surface area contributed by atoms with Gasteiger partial charge in [-0.2, -0.15) is 5.10 Å². The third-order valence-corrected chi connectivity index (χ3v) is 4.58. The van der Waals surface area contributed by atoms with E-state index in [0.29, 0.717) is 18.9 Å². The molecule has 1 aliphatic rings. The number of hydrogen-bond acceptors (Lipinski definition) is 3. The molecule has 1 fully saturated rings. The van der Waals surface area contributed by atoms with E-state index in [-0.39, 0.29) is 18.3 Å². The minimum absolute atomic E-state index is 0.0766. The zero-order valence-corrected chi connectivity index (χ0v) is 16.2. The van der Waals surface area contributed by atoms with Crippen LogP contribution in [-0.2, 0) is 11.2 Å². The second-order valence-electron chi connectivity index (χ2n) is 6.69. The van der Waals surface area contributed by atoms with Crippen LogP contribution < -0.4 is 10.6 Å². The van der Waals surface area contributed by atoms with Crippen molar-refractivity contribution < 1.29 is 9.18 Å². The number of benzene rings is 1. The summed E-state index contributed by atoms with van der Waals surface area (Å²) < 4.78 is 14.8. The fourth-order valence-electron chi connectivity index (χ4n) is 3.10. The quantitative estimate of drug-likeness (QED) is 0.561. The first kappa shape index (κ1) is 19.9. The van der Waals surface area contributed by atoms with Gasteiger partial charge in [-0.1, -0.05) is 0 Å². The van der Waals surface area contributed by atoms with Crippen LogP contribution in [-0.4, -0.2) is 59.3 Å². The minimum atomic E-state index is -0.265. The molecule has 1 aliphatic heterocycles. The van der Waals surface area contributed by atoms with Gasteiger partial charge in [-0.3, -0.25) is 4.79 Å². The number of rotatable bonds is 7. The summed E-state index contributed by atoms with van der Waals surface area (Å²) in [6.45, 7) is 5.20. The maximum Gasteiger partial charge on any atom is 0.244 e. The van der Waals surface area contributed by atoms with Crippen LogP contribution >= 0.6 is 0 Å². The van der Waals surface area contributed by atoms with E-state index in [0.717, 1.165) is 43.9 Å². The number of guanidine groups is 1. The van der Waals surface area contributed by atoms with Crippen LogP contribution in [0, 0.1) is 5.82 Å². The van der Waals surface area contributed by atoms with Crippen LogP contribution in [0.1, 0.15) is 25.5 Å². The molecule has 7 nitrogen and oxygen atoms in total. The summed E-state index contributed by atoms with van der Waals surface area (Å²) in [5, 5.41) is 10.9. The number of carbonyl (C=O) groups is 1. The van der Waals surface area contributed by atoms with Crippen LogP contribution in [0.4, 0.5) is 4.39 Å². The number of amides is 1. The average molecular weight is 386 g/mol. The van der Waals surface area contributed by atoms with Crippen LogP contribution in [0.2, 0.25) is 0 Å². The van der Waals surface area contributed by atoms with Crippen LogP contribution in [0.25, 0.3) is 5.69 Å². The summed E-state index contributed by atoms with van der Waals surface area (Å²) in [6, 6.07) is 8.16. The number of hydrogen-bond donors (Lipinski definition) is 2. The lowest BCUT2D eigenvalue weighted by molar-refractivity contribution is -0.128. The molecule has 2 N–H and O–H groups in total. The van der Waals surface area contributed by atoms with E-state index in [4.69, 9.17) is 0 Å². The first-order chi connectivity index (χ1) is 13.7. The van der Waals surface area contributed by atoms with E-state index >= 15 is 0 Å². The van der Waals surface area contributed by atoms with Crippen molar-refractivity contribution in [2.24, 2.45) is 4.99 Å². The molecule has 0 atom stereocenters. The normalized spacial score (nSPS) is 14.4. The zero-order valence-electron chi connectivity index (χ0n) is 16.2. The van der Waals surface area contributed by atoms with E-state index in [2.05, 4.69) is 20.7 Å². The van der Waals surface area contributed by atoms with Gasteiger partial charge < -0.3 is 15.5 Å². The Hall–Kier alpha value is -2.90. The predicted octanol–water partition coefficient (Wildman–Crippen LogP) is 1.73. The molecule has 8 heteroatoms. The molecule has 1 aromatic heterocycles. The van der Waals surface area contributed by atoms with Crippen molar-refractivity contribution in [1.82, 2.24) is 25.3 Å². The average Bonchev–Trinajstić information content (AvgIpc) is 3.39. The number of nitrogens with one attached hydrogen (secondary N) is 2. The number of aromatic nitrogens is 2. The molecule has 3 rings (SSSR count). The lowest BCUT2D eigenvalue weighted by Crippen LogP contribution is -2.39. The molecule has 0 radical (unpaired) electrons. The third-order valence-electron chi connectivity index (χ3n) is 4.58. The van der Waals surface area contributed by atoms with Gasteiger partial charge in [0.2, 0.25) is 5.91 Å². The first-order valence-electron chi connectivity index (χ1n) is 9.76. The molecule has 1 amide bonds. The number of aliphatic imine (C=N–C) groups is 1. The van der Waals surface area contributed by atoms with Crippen LogP contribution in [0.3, 0.4) is 0 Å². The molecule has 2 heterocycles. The Morgan fingerprint density at radius 3 is 2.64 bits per heavy atom. The molecule has 0 spiro atoms. The Balaban J connectivity index is 1.49. The lowest BCUT2D eigenvalue weighted by atomic mass is 10.3. The Morgan fingerprint density at radius 1 is 1.18 bits per heavy atom. The fourth-order valence-corrected chi connectivity index (χ4v) is 3.10. The summed E-state index contributed by atoms with van der Waals surface area (Å²) in [5.74, 6) is 0.444. The number of nitrogens with zero attached hydrogens (tertiary/aromatic N) is 4. The van der Waals surface area contributed by atoms with Gasteiger partial charge in [0.05, 0.1) is 11.4 Å². The van der Waals surface area contributed by atoms with Gasteiger partial charge in [0.15, 0.2) is 5.96 Å². The molecule has 1 aromatic carbocycles. The smallest absolute Gasteiger partial charge is 0.244 e. The van der Waals surface area contributed by atoms with Crippen molar-refractivity contribution in [3.63, 3.8) is 0 Å². The molecular formula is C20H27FN6O. The van der Waals surface area contributed by atoms with Crippen molar-refractivity contribution in [1.29, 1.82) is 0 Å². The fraction of sp³-hybridized carbons (Fsp3) is 0.450. The predicted molar refractivity (Wildman–Crippen MR) is 107 cm³/mol. The SMILES string of the molecule is CCNC(=NCC(=O)N1CCCC1)NCCc1ccn(-c2ccc(F)cc2)n1. The number of halogens is 1. The van der Waals surface area contributed by atoms with Crippen molar-refractivity contribution >= 4 is 11.9 Å². The van der Waals surface area contributed by atoms with E-state index in [1.54, 1.807) is 16.8 Å². The summed E-state index contributed by atoms with van der Waals surface area (Å²) in [7, 11) is 0. The van der Waals surface area contributed by atoms with E-state index in [1.165, 1.54) is 12.1 Å². The molecule has 0 unspecified atom stereocenters. The summed E-state index contributed by atoms with van der Waals surface area (Å²) in [5.41, 5.74) is 1.73. The van der Waals surface area contributed by atoms with Crippen molar-refractivity contribution in [2.75, 3.05) is 32.7 Å². The largest absolute Gasteiger partial charge is 0.357 e. The number of likely N-dealkylation sites (tertiary alicyclic amines) is 1. The van der Waals surface area contributed by atoms with Gasteiger partial charge in [-0.15, -0.1) is 0 Å². The third kappa shape index (κ3) is 5.55. The minimum Gasteiger partial charge on any atom is -0.357 e. The highest BCUT2D eigenvalue weighted by Gasteiger charge is 2.17. The van der Waals surface area contributed by atoms with E-state index < -0.39 is 0 Å². The second kappa shape index (κ2) is 9.87. The lowest BCUT2D eigenvalue weighted by Gasteiger charge is -2.15. The topological polar surface area (TPSA) is 74.6 Å². The molecular weight excluding hydrogens is 359 g/mol. The number of carbonyl (C=O) groups excluding carboxylic acids is 1. The van der Waals surface area contributed by atoms with Crippen molar-refractivity contribution in [3.8, 4) is 5.69 Å². The molecule has 1 saturated heterocycles. The highest BCUT2D eigenvalue weighted by molar-refractivity contribution is 5.85. The maximum atomic E-state index is 13.0. The van der Waals surface area contributed by atoms with Crippen LogP contribution in [0.15, 0.2) is 41.5 Å². The first-order valence-corrected chi connectivity index (χ1v) is 9.76. The van der Waals surface area contributed by atoms with Gasteiger partial charge in [-0.05, 0) is 50.1 Å². The molecule has 28 heavy (non-hydrogen) atoms. The Bertz CT molecular complexity index is 795. The van der Waals surface area contributed by atoms with Gasteiger partial charge in [0, 0.05) is 38.8 Å². The summed E-state index contributed by atoms with van der Waals surface area (Å²) in [6.07, 6.45) is 4.73. The van der Waals surface area contributed by atoms with Gasteiger partial charge in [0.1, 0.15) is 12.4 Å². The van der Waals surface area contributed by atoms with E-state index in [9.17, 15) is 9.18 Å². The Kier molecular flexibility index (Phi) is 7.00. The van der Waals surface area contributed by atoms with Crippen LogP contribution in [0.5, 0.6) is 0 Å². The highest BCUT2D eigenvalue weighted by atomic mass is 19.1. The molecule has 0 aliphatic carbocycles. The molecule has 0 bridgehead atoms. The second-order valence-corrected chi connectivity index (χ2v) is 6.69. The molecule has 150 valence electrons. The zero-order chi connectivity index (χ0) is 19.8. The molecule has 0 saturated carbocycles. The summed E-state index contributed by atoms with van der Waals surface area (Å²) in [4.78, 5) is 18.4. The summed E-state index contributed by atoms with van der Waals surface area (Å²) >= 11 is 0. The Morgan fingerprint density at radius 2 is 1.93 bits per heavy atom. The highest BCUT2D eigenvalue weighted by Crippen LogP contribution is 2.09. The van der Waals surface area contributed by atoms with Gasteiger partial charge in [0.25, 0.3) is 0 Å². The molecule has 2 aromatic rings. The van der Waals surface area contributed by atoms with E-state index in [1.807, 2.05) is 24.1 Å². The Labute approximate surface area is 164 Å². The van der Waals surface area contributed by atoms with Gasteiger partial charge in [-0.25, -0.2) is 14.1 Å². The standard InChI is InChI=1S/C20H27FN6O/c1-2-22-20(24-15-19(28)26-12-3-4-13-26)23-11-9-17-10-14-27(25-17)18-7-5-16(21)6-8-18/h5-8,10,14H,2-4,9,11-13,15H2,1H3,(H2,22,23,24). The monoisotopic (exact) mass is 386 g/mol.